The number of para-hydroxylation sites is 1. The molecule has 7 heteroatoms. The van der Waals surface area contributed by atoms with E-state index in [1.807, 2.05) is 53.6 Å². The molecule has 4 rings (SSSR count). The molecule has 1 aliphatic heterocycles. The Balaban J connectivity index is 1.76. The fourth-order valence-corrected chi connectivity index (χ4v) is 5.00. The zero-order valence-corrected chi connectivity index (χ0v) is 16.1. The van der Waals surface area contributed by atoms with Crippen LogP contribution in [0.5, 0.6) is 0 Å². The van der Waals surface area contributed by atoms with Gasteiger partial charge in [-0.1, -0.05) is 30.0 Å². The summed E-state index contributed by atoms with van der Waals surface area (Å²) in [6.45, 7) is 3.55. The molecule has 2 aromatic heterocycles. The first-order valence-electron chi connectivity index (χ1n) is 8.66. The number of carbonyl (C=O) groups is 1. The number of amides is 1. The number of nitrogens with zero attached hydrogens (tertiary/aromatic N) is 3. The normalized spacial score (nSPS) is 15.5. The van der Waals surface area contributed by atoms with Gasteiger partial charge in [-0.2, -0.15) is 0 Å². The standard InChI is InChI=1S/C19H19N3O2S2/c1-13(17(23)21-10-5-6-11-21)26-19-20-16-15(9-12-25-16)18(24)22(19)14-7-3-2-4-8-14/h2-4,7-9,12-13H,5-6,10-11H2,1H3/t13-/m0/s1. The van der Waals surface area contributed by atoms with Gasteiger partial charge in [-0.15, -0.1) is 11.3 Å². The Hall–Kier alpha value is -2.12. The fraction of sp³-hybridized carbons (Fsp3) is 0.316. The molecule has 0 aliphatic carbocycles. The van der Waals surface area contributed by atoms with Crippen LogP contribution in [0.15, 0.2) is 51.7 Å². The Morgan fingerprint density at radius 3 is 2.65 bits per heavy atom. The number of benzene rings is 1. The van der Waals surface area contributed by atoms with Crippen molar-refractivity contribution in [2.45, 2.75) is 30.2 Å². The van der Waals surface area contributed by atoms with Crippen LogP contribution in [0.4, 0.5) is 0 Å². The van der Waals surface area contributed by atoms with E-state index in [1.54, 1.807) is 4.57 Å². The van der Waals surface area contributed by atoms with Gasteiger partial charge in [0.15, 0.2) is 5.16 Å². The quantitative estimate of drug-likeness (QED) is 0.509. The van der Waals surface area contributed by atoms with Crippen LogP contribution in [-0.4, -0.2) is 38.7 Å². The molecule has 3 heterocycles. The molecule has 1 aliphatic rings. The van der Waals surface area contributed by atoms with E-state index < -0.39 is 0 Å². The Labute approximate surface area is 159 Å². The summed E-state index contributed by atoms with van der Waals surface area (Å²) in [7, 11) is 0. The highest BCUT2D eigenvalue weighted by Crippen LogP contribution is 2.28. The molecule has 1 aromatic carbocycles. The molecule has 0 spiro atoms. The first-order chi connectivity index (χ1) is 12.6. The third-order valence-corrected chi connectivity index (χ3v) is 6.38. The number of thioether (sulfide) groups is 1. The smallest absolute Gasteiger partial charge is 0.267 e. The number of carbonyl (C=O) groups excluding carboxylic acids is 1. The van der Waals surface area contributed by atoms with Crippen molar-refractivity contribution in [2.75, 3.05) is 13.1 Å². The SMILES string of the molecule is C[C@H](Sc1nc2sccc2c(=O)n1-c1ccccc1)C(=O)N1CCCC1. The van der Waals surface area contributed by atoms with Gasteiger partial charge in [0.1, 0.15) is 4.83 Å². The molecule has 0 saturated carbocycles. The molecule has 1 amide bonds. The summed E-state index contributed by atoms with van der Waals surface area (Å²) in [6, 6.07) is 11.3. The first-order valence-corrected chi connectivity index (χ1v) is 10.4. The molecule has 1 atom stereocenters. The highest BCUT2D eigenvalue weighted by atomic mass is 32.2. The Kier molecular flexibility index (Phi) is 4.82. The molecule has 1 saturated heterocycles. The van der Waals surface area contributed by atoms with Crippen LogP contribution in [0, 0.1) is 0 Å². The first kappa shape index (κ1) is 17.3. The lowest BCUT2D eigenvalue weighted by Crippen LogP contribution is -2.34. The molecule has 0 bridgehead atoms. The molecule has 0 unspecified atom stereocenters. The average molecular weight is 386 g/mol. The van der Waals surface area contributed by atoms with Crippen LogP contribution in [0.2, 0.25) is 0 Å². The molecule has 0 radical (unpaired) electrons. The van der Waals surface area contributed by atoms with Crippen LogP contribution >= 0.6 is 23.1 Å². The van der Waals surface area contributed by atoms with Crippen molar-refractivity contribution in [2.24, 2.45) is 0 Å². The number of rotatable bonds is 4. The van der Waals surface area contributed by atoms with Gasteiger partial charge >= 0.3 is 0 Å². The Morgan fingerprint density at radius 1 is 1.19 bits per heavy atom. The van der Waals surface area contributed by atoms with Gasteiger partial charge in [0.05, 0.1) is 16.3 Å². The van der Waals surface area contributed by atoms with E-state index in [-0.39, 0.29) is 16.7 Å². The maximum Gasteiger partial charge on any atom is 0.267 e. The van der Waals surface area contributed by atoms with Crippen molar-refractivity contribution in [3.63, 3.8) is 0 Å². The summed E-state index contributed by atoms with van der Waals surface area (Å²) in [5, 5.41) is 2.77. The lowest BCUT2D eigenvalue weighted by Gasteiger charge is -2.20. The molecule has 26 heavy (non-hydrogen) atoms. The number of aromatic nitrogens is 2. The van der Waals surface area contributed by atoms with Crippen molar-refractivity contribution in [1.29, 1.82) is 0 Å². The molecule has 134 valence electrons. The lowest BCUT2D eigenvalue weighted by atomic mass is 10.3. The minimum absolute atomic E-state index is 0.0919. The third-order valence-electron chi connectivity index (χ3n) is 4.53. The maximum atomic E-state index is 13.0. The van der Waals surface area contributed by atoms with E-state index in [0.717, 1.165) is 31.6 Å². The van der Waals surface area contributed by atoms with E-state index in [4.69, 9.17) is 4.98 Å². The van der Waals surface area contributed by atoms with Crippen LogP contribution in [0.3, 0.4) is 0 Å². The summed E-state index contributed by atoms with van der Waals surface area (Å²) >= 11 is 2.81. The summed E-state index contributed by atoms with van der Waals surface area (Å²) in [5.74, 6) is 0.118. The minimum atomic E-state index is -0.285. The molecule has 0 N–H and O–H groups in total. The van der Waals surface area contributed by atoms with Gasteiger partial charge in [0, 0.05) is 13.1 Å². The van der Waals surface area contributed by atoms with Crippen LogP contribution in [0.25, 0.3) is 15.9 Å². The van der Waals surface area contributed by atoms with E-state index in [2.05, 4.69) is 0 Å². The Morgan fingerprint density at radius 2 is 1.92 bits per heavy atom. The number of thiophene rings is 1. The van der Waals surface area contributed by atoms with Crippen molar-refractivity contribution in [3.8, 4) is 5.69 Å². The second kappa shape index (κ2) is 7.25. The average Bonchev–Trinajstić information content (AvgIpc) is 3.34. The fourth-order valence-electron chi connectivity index (χ4n) is 3.18. The number of hydrogen-bond acceptors (Lipinski definition) is 5. The summed E-state index contributed by atoms with van der Waals surface area (Å²) < 4.78 is 1.62. The molecule has 3 aromatic rings. The summed E-state index contributed by atoms with van der Waals surface area (Å²) in [5.41, 5.74) is 0.673. The van der Waals surface area contributed by atoms with E-state index in [0.29, 0.717) is 15.4 Å². The second-order valence-corrected chi connectivity index (χ2v) is 8.50. The zero-order chi connectivity index (χ0) is 18.1. The van der Waals surface area contributed by atoms with Gasteiger partial charge in [0.2, 0.25) is 5.91 Å². The van der Waals surface area contributed by atoms with Crippen molar-refractivity contribution < 1.29 is 4.79 Å². The van der Waals surface area contributed by atoms with E-state index in [9.17, 15) is 9.59 Å². The van der Waals surface area contributed by atoms with Crippen molar-refractivity contribution in [3.05, 3.63) is 52.1 Å². The lowest BCUT2D eigenvalue weighted by molar-refractivity contribution is -0.129. The Bertz CT molecular complexity index is 991. The topological polar surface area (TPSA) is 55.2 Å². The van der Waals surface area contributed by atoms with Gasteiger partial charge in [-0.05, 0) is 43.3 Å². The van der Waals surface area contributed by atoms with Gasteiger partial charge in [-0.25, -0.2) is 4.98 Å². The second-order valence-electron chi connectivity index (χ2n) is 6.30. The van der Waals surface area contributed by atoms with Gasteiger partial charge in [0.25, 0.3) is 5.56 Å². The predicted octanol–water partition coefficient (Wildman–Crippen LogP) is 3.55. The highest BCUT2D eigenvalue weighted by molar-refractivity contribution is 8.00. The van der Waals surface area contributed by atoms with E-state index in [1.165, 1.54) is 23.1 Å². The molecule has 1 fully saturated rings. The van der Waals surface area contributed by atoms with E-state index >= 15 is 0 Å². The maximum absolute atomic E-state index is 13.0. The summed E-state index contributed by atoms with van der Waals surface area (Å²) in [4.78, 5) is 33.0. The molecular formula is C19H19N3O2S2. The molecule has 5 nitrogen and oxygen atoms in total. The monoisotopic (exact) mass is 385 g/mol. The van der Waals surface area contributed by atoms with Crippen molar-refractivity contribution in [1.82, 2.24) is 14.5 Å². The predicted molar refractivity (Wildman–Crippen MR) is 106 cm³/mol. The summed E-state index contributed by atoms with van der Waals surface area (Å²) in [6.07, 6.45) is 2.13. The molecular weight excluding hydrogens is 366 g/mol. The van der Waals surface area contributed by atoms with Crippen LogP contribution in [-0.2, 0) is 4.79 Å². The van der Waals surface area contributed by atoms with Gasteiger partial charge < -0.3 is 4.90 Å². The third kappa shape index (κ3) is 3.17. The number of fused-ring (bicyclic) bond motifs is 1. The number of hydrogen-bond donors (Lipinski definition) is 0. The minimum Gasteiger partial charge on any atom is -0.342 e. The van der Waals surface area contributed by atoms with Crippen LogP contribution in [0.1, 0.15) is 19.8 Å². The van der Waals surface area contributed by atoms with Crippen LogP contribution < -0.4 is 5.56 Å². The van der Waals surface area contributed by atoms with Crippen molar-refractivity contribution >= 4 is 39.2 Å². The largest absolute Gasteiger partial charge is 0.342 e. The zero-order valence-electron chi connectivity index (χ0n) is 14.4. The number of likely N-dealkylation sites (tertiary alicyclic amines) is 1. The highest BCUT2D eigenvalue weighted by Gasteiger charge is 2.26. The van der Waals surface area contributed by atoms with Gasteiger partial charge in [-0.3, -0.25) is 14.2 Å².